The molecule has 0 aromatic rings. The van der Waals surface area contributed by atoms with Gasteiger partial charge in [0.05, 0.1) is 0 Å². The Labute approximate surface area is 85.2 Å². The van der Waals surface area contributed by atoms with Gasteiger partial charge in [0, 0.05) is 31.7 Å². The van der Waals surface area contributed by atoms with Crippen LogP contribution in [0.3, 0.4) is 0 Å². The molecule has 2 rings (SSSR count). The van der Waals surface area contributed by atoms with Gasteiger partial charge in [0.25, 0.3) is 0 Å². The molecule has 2 amide bonds. The van der Waals surface area contributed by atoms with Crippen LogP contribution >= 0.6 is 0 Å². The van der Waals surface area contributed by atoms with Gasteiger partial charge in [0.1, 0.15) is 0 Å². The van der Waals surface area contributed by atoms with Crippen LogP contribution in [0.1, 0.15) is 19.8 Å². The summed E-state index contributed by atoms with van der Waals surface area (Å²) >= 11 is 0. The van der Waals surface area contributed by atoms with E-state index < -0.39 is 0 Å². The first-order valence-electron chi connectivity index (χ1n) is 5.42. The van der Waals surface area contributed by atoms with Crippen LogP contribution in [-0.4, -0.2) is 54.6 Å². The van der Waals surface area contributed by atoms with Crippen molar-refractivity contribution in [2.75, 3.05) is 26.7 Å². The molecule has 1 N–H and O–H groups in total. The molecule has 4 heteroatoms. The second kappa shape index (κ2) is 3.77. The molecule has 1 aliphatic carbocycles. The number of carbonyl (C=O) groups excluding carboxylic acids is 1. The molecule has 1 unspecified atom stereocenters. The van der Waals surface area contributed by atoms with Crippen molar-refractivity contribution in [2.45, 2.75) is 31.8 Å². The zero-order valence-corrected chi connectivity index (χ0v) is 8.99. The van der Waals surface area contributed by atoms with Gasteiger partial charge in [-0.15, -0.1) is 0 Å². The molecule has 1 aliphatic heterocycles. The number of urea groups is 1. The Kier molecular flexibility index (Phi) is 2.63. The van der Waals surface area contributed by atoms with Crippen molar-refractivity contribution in [1.29, 1.82) is 0 Å². The van der Waals surface area contributed by atoms with Gasteiger partial charge < -0.3 is 15.1 Å². The third-order valence-electron chi connectivity index (χ3n) is 3.15. The van der Waals surface area contributed by atoms with Crippen molar-refractivity contribution in [3.8, 4) is 0 Å². The van der Waals surface area contributed by atoms with Crippen molar-refractivity contribution in [1.82, 2.24) is 15.1 Å². The topological polar surface area (TPSA) is 35.6 Å². The maximum absolute atomic E-state index is 11.7. The fraction of sp³-hybridized carbons (Fsp3) is 0.900. The Morgan fingerprint density at radius 3 is 2.64 bits per heavy atom. The van der Waals surface area contributed by atoms with Crippen molar-refractivity contribution < 1.29 is 4.79 Å². The minimum atomic E-state index is 0.132. The molecule has 0 aromatic heterocycles. The van der Waals surface area contributed by atoms with Crippen LogP contribution < -0.4 is 5.32 Å². The van der Waals surface area contributed by atoms with Gasteiger partial charge in [-0.25, -0.2) is 4.79 Å². The summed E-state index contributed by atoms with van der Waals surface area (Å²) in [7, 11) is 2.11. The lowest BCUT2D eigenvalue weighted by molar-refractivity contribution is 0.118. The summed E-state index contributed by atoms with van der Waals surface area (Å²) < 4.78 is 0. The average Bonchev–Trinajstić information content (AvgIpc) is 2.93. The van der Waals surface area contributed by atoms with E-state index in [9.17, 15) is 4.79 Å². The van der Waals surface area contributed by atoms with E-state index in [1.807, 2.05) is 4.90 Å². The van der Waals surface area contributed by atoms with Gasteiger partial charge in [-0.1, -0.05) is 0 Å². The Morgan fingerprint density at radius 1 is 1.36 bits per heavy atom. The van der Waals surface area contributed by atoms with E-state index in [1.54, 1.807) is 0 Å². The van der Waals surface area contributed by atoms with Gasteiger partial charge >= 0.3 is 6.03 Å². The average molecular weight is 197 g/mol. The monoisotopic (exact) mass is 197 g/mol. The van der Waals surface area contributed by atoms with E-state index in [-0.39, 0.29) is 6.03 Å². The van der Waals surface area contributed by atoms with Crippen molar-refractivity contribution in [2.24, 2.45) is 0 Å². The van der Waals surface area contributed by atoms with Crippen LogP contribution in [0.4, 0.5) is 4.79 Å². The molecule has 1 heterocycles. The summed E-state index contributed by atoms with van der Waals surface area (Å²) in [6.45, 7) is 4.87. The quantitative estimate of drug-likeness (QED) is 0.664. The Balaban J connectivity index is 1.82. The van der Waals surface area contributed by atoms with E-state index in [0.29, 0.717) is 12.1 Å². The predicted molar refractivity (Wildman–Crippen MR) is 55.2 cm³/mol. The van der Waals surface area contributed by atoms with Crippen molar-refractivity contribution >= 4 is 6.03 Å². The number of piperazine rings is 1. The molecular formula is C10H19N3O. The fourth-order valence-electron chi connectivity index (χ4n) is 1.73. The smallest absolute Gasteiger partial charge is 0.317 e. The number of rotatable bonds is 1. The van der Waals surface area contributed by atoms with Gasteiger partial charge in [0.15, 0.2) is 0 Å². The van der Waals surface area contributed by atoms with Crippen LogP contribution in [0, 0.1) is 0 Å². The zero-order chi connectivity index (χ0) is 10.1. The van der Waals surface area contributed by atoms with E-state index in [1.165, 1.54) is 0 Å². The number of nitrogens with zero attached hydrogens (tertiary/aromatic N) is 2. The maximum atomic E-state index is 11.7. The molecule has 0 spiro atoms. The number of hydrogen-bond acceptors (Lipinski definition) is 2. The molecule has 1 saturated carbocycles. The summed E-state index contributed by atoms with van der Waals surface area (Å²) in [5, 5.41) is 3.03. The number of amides is 2. The van der Waals surface area contributed by atoms with Gasteiger partial charge in [-0.3, -0.25) is 0 Å². The molecular weight excluding hydrogens is 178 g/mol. The normalized spacial score (nSPS) is 29.0. The highest BCUT2D eigenvalue weighted by atomic mass is 16.2. The summed E-state index contributed by atoms with van der Waals surface area (Å²) in [6, 6.07) is 1.08. The molecule has 4 nitrogen and oxygen atoms in total. The number of hydrogen-bond donors (Lipinski definition) is 1. The van der Waals surface area contributed by atoms with E-state index in [0.717, 1.165) is 32.5 Å². The van der Waals surface area contributed by atoms with Crippen molar-refractivity contribution in [3.05, 3.63) is 0 Å². The van der Waals surface area contributed by atoms with Crippen LogP contribution in [0.15, 0.2) is 0 Å². The van der Waals surface area contributed by atoms with Gasteiger partial charge in [-0.2, -0.15) is 0 Å². The zero-order valence-electron chi connectivity index (χ0n) is 8.99. The van der Waals surface area contributed by atoms with E-state index in [2.05, 4.69) is 24.2 Å². The Morgan fingerprint density at radius 2 is 2.07 bits per heavy atom. The largest absolute Gasteiger partial charge is 0.335 e. The number of nitrogens with one attached hydrogen (secondary N) is 1. The summed E-state index contributed by atoms with van der Waals surface area (Å²) in [5.41, 5.74) is 0. The summed E-state index contributed by atoms with van der Waals surface area (Å²) in [5.74, 6) is 0. The first-order valence-corrected chi connectivity index (χ1v) is 5.42. The standard InChI is InChI=1S/C10H19N3O/c1-8-7-13(6-5-12(8)2)10(14)11-9-3-4-9/h8-9H,3-7H2,1-2H3,(H,11,14). The highest BCUT2D eigenvalue weighted by molar-refractivity contribution is 5.75. The molecule has 14 heavy (non-hydrogen) atoms. The lowest BCUT2D eigenvalue weighted by Gasteiger charge is -2.37. The lowest BCUT2D eigenvalue weighted by Crippen LogP contribution is -2.54. The van der Waals surface area contributed by atoms with Crippen LogP contribution in [-0.2, 0) is 0 Å². The predicted octanol–water partition coefficient (Wildman–Crippen LogP) is 0.494. The Bertz CT molecular complexity index is 227. The molecule has 2 aliphatic rings. The van der Waals surface area contributed by atoms with Gasteiger partial charge in [-0.05, 0) is 26.8 Å². The molecule has 1 saturated heterocycles. The lowest BCUT2D eigenvalue weighted by atomic mass is 10.2. The third-order valence-corrected chi connectivity index (χ3v) is 3.15. The molecule has 1 atom stereocenters. The van der Waals surface area contributed by atoms with Crippen molar-refractivity contribution in [3.63, 3.8) is 0 Å². The molecule has 0 bridgehead atoms. The van der Waals surface area contributed by atoms with Gasteiger partial charge in [0.2, 0.25) is 0 Å². The highest BCUT2D eigenvalue weighted by Crippen LogP contribution is 2.19. The second-order valence-corrected chi connectivity index (χ2v) is 4.50. The summed E-state index contributed by atoms with van der Waals surface area (Å²) in [6.07, 6.45) is 2.32. The maximum Gasteiger partial charge on any atom is 0.317 e. The summed E-state index contributed by atoms with van der Waals surface area (Å²) in [4.78, 5) is 15.9. The minimum absolute atomic E-state index is 0.132. The third kappa shape index (κ3) is 2.18. The fourth-order valence-corrected chi connectivity index (χ4v) is 1.73. The van der Waals surface area contributed by atoms with Crippen LogP contribution in [0.5, 0.6) is 0 Å². The number of likely N-dealkylation sites (N-methyl/N-ethyl adjacent to an activating group) is 1. The Hall–Kier alpha value is -0.770. The molecule has 2 fully saturated rings. The van der Waals surface area contributed by atoms with E-state index >= 15 is 0 Å². The van der Waals surface area contributed by atoms with E-state index in [4.69, 9.17) is 0 Å². The molecule has 0 radical (unpaired) electrons. The first-order chi connectivity index (χ1) is 6.66. The number of carbonyl (C=O) groups is 1. The highest BCUT2D eigenvalue weighted by Gasteiger charge is 2.28. The van der Waals surface area contributed by atoms with Crippen LogP contribution in [0.2, 0.25) is 0 Å². The first kappa shape index (κ1) is 9.77. The molecule has 0 aromatic carbocycles. The SMILES string of the molecule is CC1CN(C(=O)NC2CC2)CCN1C. The molecule has 80 valence electrons. The second-order valence-electron chi connectivity index (χ2n) is 4.50. The van der Waals surface area contributed by atoms with Crippen LogP contribution in [0.25, 0.3) is 0 Å². The minimum Gasteiger partial charge on any atom is -0.335 e.